The summed E-state index contributed by atoms with van der Waals surface area (Å²) in [5.74, 6) is 0.324. The fraction of sp³-hybridized carbons (Fsp3) is 0. The lowest BCUT2D eigenvalue weighted by molar-refractivity contribution is 1.44. The smallest absolute Gasteiger partial charge is 0.232 e. The highest BCUT2D eigenvalue weighted by Crippen LogP contribution is 2.24. The number of aromatic nitrogens is 1. The van der Waals surface area contributed by atoms with E-state index in [0.29, 0.717) is 11.5 Å². The summed E-state index contributed by atoms with van der Waals surface area (Å²) in [5, 5.41) is 0. The van der Waals surface area contributed by atoms with Crippen LogP contribution in [0.5, 0.6) is 0 Å². The zero-order valence-corrected chi connectivity index (χ0v) is 4.55. The van der Waals surface area contributed by atoms with Crippen LogP contribution in [-0.4, -0.2) is 4.98 Å². The van der Waals surface area contributed by atoms with Crippen LogP contribution in [-0.2, 0) is 0 Å². The third kappa shape index (κ3) is 0.756. The second-order valence-corrected chi connectivity index (χ2v) is 1.44. The van der Waals surface area contributed by atoms with Crippen LogP contribution >= 0.6 is 0 Å². The number of nitrogens with one attached hydrogen (secondary N) is 1. The van der Waals surface area contributed by atoms with Crippen molar-refractivity contribution in [1.82, 2.24) is 4.98 Å². The van der Waals surface area contributed by atoms with Crippen LogP contribution in [0.2, 0.25) is 0 Å². The van der Waals surface area contributed by atoms with Gasteiger partial charge in [-0.05, 0) is 6.07 Å². The molecule has 0 spiro atoms. The Hall–Kier alpha value is -1.74. The summed E-state index contributed by atoms with van der Waals surface area (Å²) in [5.41, 5.74) is 0.394. The van der Waals surface area contributed by atoms with Gasteiger partial charge in [0.05, 0.1) is 12.8 Å². The first-order valence-corrected chi connectivity index (χ1v) is 2.31. The number of H-pyrrole nitrogens is 1. The first-order valence-electron chi connectivity index (χ1n) is 2.31. The maximum Gasteiger partial charge on any atom is 0.232 e. The molecule has 1 heterocycles. The summed E-state index contributed by atoms with van der Waals surface area (Å²) in [6.07, 6.45) is 1.58. The van der Waals surface area contributed by atoms with Crippen LogP contribution in [0.1, 0.15) is 0 Å². The van der Waals surface area contributed by atoms with Gasteiger partial charge in [-0.25, -0.2) is 4.85 Å². The predicted octanol–water partition coefficient (Wildman–Crippen LogP) is 2.12. The Labute approximate surface area is 52.6 Å². The molecule has 0 aliphatic rings. The van der Waals surface area contributed by atoms with Crippen molar-refractivity contribution in [1.29, 1.82) is 0 Å². The van der Waals surface area contributed by atoms with Gasteiger partial charge in [-0.2, -0.15) is 0 Å². The Kier molecular flexibility index (Phi) is 1.21. The minimum atomic E-state index is 0.324. The quantitative estimate of drug-likeness (QED) is 0.503. The summed E-state index contributed by atoms with van der Waals surface area (Å²) in [6.45, 7) is 13.1. The summed E-state index contributed by atoms with van der Waals surface area (Å²) in [7, 11) is 0. The van der Waals surface area contributed by atoms with E-state index in [1.54, 1.807) is 12.3 Å². The minimum absolute atomic E-state index is 0.324. The van der Waals surface area contributed by atoms with Gasteiger partial charge < -0.3 is 9.83 Å². The lowest BCUT2D eigenvalue weighted by Gasteiger charge is -1.79. The van der Waals surface area contributed by atoms with Crippen molar-refractivity contribution in [2.45, 2.75) is 0 Å². The number of aromatic amines is 1. The van der Waals surface area contributed by atoms with Crippen molar-refractivity contribution in [2.24, 2.45) is 0 Å². The molecule has 42 valence electrons. The highest BCUT2D eigenvalue weighted by molar-refractivity contribution is 5.66. The Bertz CT molecular complexity index is 255. The topological polar surface area (TPSA) is 24.5 Å². The molecule has 1 rings (SSSR count). The monoisotopic (exact) mass is 117 g/mol. The number of rotatable bonds is 0. The fourth-order valence-electron chi connectivity index (χ4n) is 0.532. The van der Waals surface area contributed by atoms with E-state index in [-0.39, 0.29) is 0 Å². The number of nitrogens with zero attached hydrogens (tertiary/aromatic N) is 2. The molecule has 1 N–H and O–H groups in total. The molecule has 0 amide bonds. The van der Waals surface area contributed by atoms with Crippen molar-refractivity contribution in [3.05, 3.63) is 35.1 Å². The molecule has 1 aromatic rings. The van der Waals surface area contributed by atoms with Gasteiger partial charge in [-0.3, -0.25) is 0 Å². The molecular formula is C6H3N3. The zero-order valence-electron chi connectivity index (χ0n) is 4.55. The highest BCUT2D eigenvalue weighted by atomic mass is 14.9. The maximum absolute atomic E-state index is 6.57. The third-order valence-electron chi connectivity index (χ3n) is 0.936. The standard InChI is InChI=1S/C6H3N3/c1-7-5-3-4-9-6(5)8-2/h3-4,9H. The van der Waals surface area contributed by atoms with Crippen LogP contribution in [0.3, 0.4) is 0 Å². The van der Waals surface area contributed by atoms with Gasteiger partial charge in [0.15, 0.2) is 0 Å². The van der Waals surface area contributed by atoms with Crippen molar-refractivity contribution in [3.63, 3.8) is 0 Å². The normalized spacial score (nSPS) is 7.78. The second-order valence-electron chi connectivity index (χ2n) is 1.44. The summed E-state index contributed by atoms with van der Waals surface area (Å²) >= 11 is 0. The first kappa shape index (κ1) is 5.40. The molecule has 3 nitrogen and oxygen atoms in total. The maximum atomic E-state index is 6.57. The molecule has 0 aromatic carbocycles. The van der Waals surface area contributed by atoms with Gasteiger partial charge in [0.2, 0.25) is 11.5 Å². The van der Waals surface area contributed by atoms with Crippen molar-refractivity contribution in [2.75, 3.05) is 0 Å². The molecule has 0 radical (unpaired) electrons. The molecule has 9 heavy (non-hydrogen) atoms. The summed E-state index contributed by atoms with van der Waals surface area (Å²) in [6, 6.07) is 1.58. The lowest BCUT2D eigenvalue weighted by Crippen LogP contribution is -1.51. The average Bonchev–Trinajstić information content (AvgIpc) is 2.33. The second kappa shape index (κ2) is 2.02. The molecule has 0 aliphatic carbocycles. The van der Waals surface area contributed by atoms with Crippen LogP contribution < -0.4 is 0 Å². The predicted molar refractivity (Wildman–Crippen MR) is 33.3 cm³/mol. The van der Waals surface area contributed by atoms with E-state index in [9.17, 15) is 0 Å². The Morgan fingerprint density at radius 1 is 1.33 bits per heavy atom. The molecule has 0 saturated carbocycles. The Morgan fingerprint density at radius 2 is 2.11 bits per heavy atom. The van der Waals surface area contributed by atoms with Crippen LogP contribution in [0, 0.1) is 13.1 Å². The van der Waals surface area contributed by atoms with Gasteiger partial charge in [0.1, 0.15) is 0 Å². The molecule has 0 atom stereocenters. The molecule has 1 aromatic heterocycles. The number of hydrogen-bond acceptors (Lipinski definition) is 0. The largest absolute Gasteiger partial charge is 0.375 e. The van der Waals surface area contributed by atoms with Gasteiger partial charge in [-0.1, -0.05) is 6.57 Å². The molecule has 0 fully saturated rings. The van der Waals surface area contributed by atoms with E-state index in [1.807, 2.05) is 0 Å². The fourth-order valence-corrected chi connectivity index (χ4v) is 0.532. The van der Waals surface area contributed by atoms with Crippen LogP contribution in [0.15, 0.2) is 12.3 Å². The van der Waals surface area contributed by atoms with Gasteiger partial charge >= 0.3 is 0 Å². The average molecular weight is 117 g/mol. The molecule has 3 heteroatoms. The molecular weight excluding hydrogens is 114 g/mol. The van der Waals surface area contributed by atoms with E-state index in [2.05, 4.69) is 14.7 Å². The number of hydrogen-bond donors (Lipinski definition) is 1. The zero-order chi connectivity index (χ0) is 6.69. The van der Waals surface area contributed by atoms with E-state index in [0.717, 1.165) is 0 Å². The highest BCUT2D eigenvalue weighted by Gasteiger charge is 1.98. The van der Waals surface area contributed by atoms with E-state index >= 15 is 0 Å². The Morgan fingerprint density at radius 3 is 2.56 bits per heavy atom. The molecule has 0 bridgehead atoms. The third-order valence-corrected chi connectivity index (χ3v) is 0.936. The van der Waals surface area contributed by atoms with E-state index in [1.165, 1.54) is 0 Å². The van der Waals surface area contributed by atoms with Gasteiger partial charge in [0.25, 0.3) is 0 Å². The van der Waals surface area contributed by atoms with E-state index in [4.69, 9.17) is 13.1 Å². The summed E-state index contributed by atoms with van der Waals surface area (Å²) in [4.78, 5) is 8.83. The van der Waals surface area contributed by atoms with Crippen molar-refractivity contribution >= 4 is 11.5 Å². The van der Waals surface area contributed by atoms with Gasteiger partial charge in [0, 0.05) is 0 Å². The van der Waals surface area contributed by atoms with E-state index < -0.39 is 0 Å². The van der Waals surface area contributed by atoms with Crippen LogP contribution in [0.4, 0.5) is 11.5 Å². The molecule has 0 aliphatic heterocycles. The van der Waals surface area contributed by atoms with Crippen molar-refractivity contribution in [3.8, 4) is 0 Å². The SMILES string of the molecule is [C-]#[N+]c1cc[nH]c1[N+]#[C-]. The van der Waals surface area contributed by atoms with Gasteiger partial charge in [-0.15, -0.1) is 0 Å². The van der Waals surface area contributed by atoms with Crippen LogP contribution in [0.25, 0.3) is 9.69 Å². The van der Waals surface area contributed by atoms with Crippen molar-refractivity contribution < 1.29 is 0 Å². The minimum Gasteiger partial charge on any atom is -0.375 e. The summed E-state index contributed by atoms with van der Waals surface area (Å²) < 4.78 is 0. The lowest BCUT2D eigenvalue weighted by atomic mass is 10.5. The Balaban J connectivity index is 3.22. The molecule has 0 unspecified atom stereocenters. The first-order chi connectivity index (χ1) is 4.38. The molecule has 0 saturated heterocycles.